The number of rotatable bonds is 3. The van der Waals surface area contributed by atoms with Crippen LogP contribution in [0.15, 0.2) is 24.3 Å². The Balaban J connectivity index is 1.51. The molecule has 1 aliphatic carbocycles. The zero-order valence-electron chi connectivity index (χ0n) is 14.0. The van der Waals surface area contributed by atoms with E-state index in [9.17, 15) is 18.0 Å². The van der Waals surface area contributed by atoms with Crippen LogP contribution in [0.25, 0.3) is 0 Å². The number of amides is 2. The van der Waals surface area contributed by atoms with Crippen LogP contribution in [0.2, 0.25) is 0 Å². The average molecular weight is 362 g/mol. The standard InChI is InChI=1S/C18H22N2O4S/c21-16(19-14-7-11-25(23,24)12-14)18(8-9-18)17(22)20-10-3-5-13-4-1-2-6-15(13)20/h1-2,4,6,14H,3,5,7-12H2,(H,19,21). The van der Waals surface area contributed by atoms with Crippen molar-refractivity contribution in [2.75, 3.05) is 23.0 Å². The Bertz CT molecular complexity index is 829. The van der Waals surface area contributed by atoms with Gasteiger partial charge in [0.2, 0.25) is 11.8 Å². The fourth-order valence-electron chi connectivity index (χ4n) is 3.90. The molecule has 1 aromatic rings. The first-order valence-corrected chi connectivity index (χ1v) is 10.6. The highest BCUT2D eigenvalue weighted by Gasteiger charge is 2.58. The van der Waals surface area contributed by atoms with E-state index < -0.39 is 15.3 Å². The first-order valence-electron chi connectivity index (χ1n) is 8.83. The van der Waals surface area contributed by atoms with E-state index in [2.05, 4.69) is 5.32 Å². The molecule has 6 nitrogen and oxygen atoms in total. The summed E-state index contributed by atoms with van der Waals surface area (Å²) in [6.45, 7) is 0.628. The monoisotopic (exact) mass is 362 g/mol. The number of carbonyl (C=O) groups excluding carboxylic acids is 2. The molecule has 2 aliphatic heterocycles. The number of fused-ring (bicyclic) bond motifs is 1. The molecule has 0 bridgehead atoms. The number of hydrogen-bond donors (Lipinski definition) is 1. The molecule has 2 fully saturated rings. The van der Waals surface area contributed by atoms with Gasteiger partial charge in [-0.1, -0.05) is 18.2 Å². The highest BCUT2D eigenvalue weighted by molar-refractivity contribution is 7.91. The van der Waals surface area contributed by atoms with Crippen LogP contribution in [0, 0.1) is 5.41 Å². The van der Waals surface area contributed by atoms with Crippen LogP contribution >= 0.6 is 0 Å². The maximum Gasteiger partial charge on any atom is 0.242 e. The van der Waals surface area contributed by atoms with Gasteiger partial charge in [0.15, 0.2) is 9.84 Å². The third kappa shape index (κ3) is 2.94. The third-order valence-corrected chi connectivity index (χ3v) is 7.29. The van der Waals surface area contributed by atoms with E-state index in [-0.39, 0.29) is 29.4 Å². The number of nitrogens with one attached hydrogen (secondary N) is 1. The number of anilines is 1. The fraction of sp³-hybridized carbons (Fsp3) is 0.556. The van der Waals surface area contributed by atoms with Crippen molar-refractivity contribution >= 4 is 27.3 Å². The first-order chi connectivity index (χ1) is 11.9. The minimum absolute atomic E-state index is 0.0183. The van der Waals surface area contributed by atoms with Crippen LogP contribution < -0.4 is 10.2 Å². The van der Waals surface area contributed by atoms with Crippen molar-refractivity contribution in [3.63, 3.8) is 0 Å². The van der Waals surface area contributed by atoms with E-state index in [1.165, 1.54) is 0 Å². The molecule has 0 aromatic heterocycles. The van der Waals surface area contributed by atoms with Gasteiger partial charge in [-0.25, -0.2) is 8.42 Å². The number of nitrogens with zero attached hydrogens (tertiary/aromatic N) is 1. The van der Waals surface area contributed by atoms with Gasteiger partial charge in [-0.2, -0.15) is 0 Å². The largest absolute Gasteiger partial charge is 0.351 e. The molecule has 2 heterocycles. The second-order valence-electron chi connectivity index (χ2n) is 7.34. The summed E-state index contributed by atoms with van der Waals surface area (Å²) in [7, 11) is -3.06. The lowest BCUT2D eigenvalue weighted by atomic mass is 9.97. The van der Waals surface area contributed by atoms with E-state index in [0.717, 1.165) is 24.1 Å². The van der Waals surface area contributed by atoms with Gasteiger partial charge in [0, 0.05) is 18.3 Å². The van der Waals surface area contributed by atoms with Crippen molar-refractivity contribution in [1.82, 2.24) is 5.32 Å². The lowest BCUT2D eigenvalue weighted by Crippen LogP contribution is -2.49. The Morgan fingerprint density at radius 2 is 1.96 bits per heavy atom. The number of aryl methyl sites for hydroxylation is 1. The second-order valence-corrected chi connectivity index (χ2v) is 9.57. The van der Waals surface area contributed by atoms with Crippen molar-refractivity contribution in [3.05, 3.63) is 29.8 Å². The molecule has 1 N–H and O–H groups in total. The Labute approximate surface area is 147 Å². The van der Waals surface area contributed by atoms with Crippen LogP contribution in [0.4, 0.5) is 5.69 Å². The number of sulfone groups is 1. The first kappa shape index (κ1) is 16.6. The second kappa shape index (κ2) is 5.83. The van der Waals surface area contributed by atoms with Gasteiger partial charge in [-0.15, -0.1) is 0 Å². The topological polar surface area (TPSA) is 83.5 Å². The molecule has 1 aromatic carbocycles. The molecule has 134 valence electrons. The van der Waals surface area contributed by atoms with E-state index >= 15 is 0 Å². The number of carbonyl (C=O) groups is 2. The summed E-state index contributed by atoms with van der Waals surface area (Å²) in [4.78, 5) is 27.6. The van der Waals surface area contributed by atoms with Crippen molar-refractivity contribution in [3.8, 4) is 0 Å². The van der Waals surface area contributed by atoms with Gasteiger partial charge < -0.3 is 10.2 Å². The van der Waals surface area contributed by atoms with Gasteiger partial charge >= 0.3 is 0 Å². The molecular formula is C18H22N2O4S. The third-order valence-electron chi connectivity index (χ3n) is 5.52. The summed E-state index contributed by atoms with van der Waals surface area (Å²) in [6.07, 6.45) is 3.34. The molecule has 1 saturated carbocycles. The summed E-state index contributed by atoms with van der Waals surface area (Å²) in [5.41, 5.74) is 1.04. The molecule has 1 saturated heterocycles. The van der Waals surface area contributed by atoms with E-state index in [1.54, 1.807) is 4.90 Å². The summed E-state index contributed by atoms with van der Waals surface area (Å²) in [5.74, 6) is -0.353. The quantitative estimate of drug-likeness (QED) is 0.815. The molecule has 0 spiro atoms. The van der Waals surface area contributed by atoms with Crippen LogP contribution in [0.1, 0.15) is 31.2 Å². The van der Waals surface area contributed by atoms with Crippen molar-refractivity contribution < 1.29 is 18.0 Å². The normalized spacial score (nSPS) is 25.9. The number of benzene rings is 1. The predicted octanol–water partition coefficient (Wildman–Crippen LogP) is 1.05. The van der Waals surface area contributed by atoms with Crippen LogP contribution in [-0.2, 0) is 25.8 Å². The SMILES string of the molecule is O=C(NC1CCS(=O)(=O)C1)C1(C(=O)N2CCCc3ccccc32)CC1. The Morgan fingerprint density at radius 1 is 1.20 bits per heavy atom. The van der Waals surface area contributed by atoms with Crippen molar-refractivity contribution in [2.45, 2.75) is 38.1 Å². The maximum atomic E-state index is 13.1. The van der Waals surface area contributed by atoms with Gasteiger partial charge in [0.1, 0.15) is 5.41 Å². The summed E-state index contributed by atoms with van der Waals surface area (Å²) >= 11 is 0. The Kier molecular flexibility index (Phi) is 3.86. The Hall–Kier alpha value is -1.89. The number of para-hydroxylation sites is 1. The minimum atomic E-state index is -3.06. The molecule has 0 radical (unpaired) electrons. The van der Waals surface area contributed by atoms with E-state index in [0.29, 0.717) is 25.8 Å². The predicted molar refractivity (Wildman–Crippen MR) is 94.0 cm³/mol. The molecule has 1 unspecified atom stereocenters. The lowest BCUT2D eigenvalue weighted by molar-refractivity contribution is -0.136. The molecule has 2 amide bonds. The molecule has 1 atom stereocenters. The molecule has 3 aliphatic rings. The van der Waals surface area contributed by atoms with Crippen LogP contribution in [0.5, 0.6) is 0 Å². The van der Waals surface area contributed by atoms with Gasteiger partial charge in [-0.05, 0) is 43.7 Å². The number of hydrogen-bond acceptors (Lipinski definition) is 4. The van der Waals surface area contributed by atoms with Crippen molar-refractivity contribution in [1.29, 1.82) is 0 Å². The van der Waals surface area contributed by atoms with Gasteiger partial charge in [0.25, 0.3) is 0 Å². The lowest BCUT2D eigenvalue weighted by Gasteiger charge is -2.32. The zero-order valence-corrected chi connectivity index (χ0v) is 14.8. The minimum Gasteiger partial charge on any atom is -0.351 e. The van der Waals surface area contributed by atoms with Crippen molar-refractivity contribution in [2.24, 2.45) is 5.41 Å². The highest BCUT2D eigenvalue weighted by atomic mass is 32.2. The molecule has 25 heavy (non-hydrogen) atoms. The smallest absolute Gasteiger partial charge is 0.242 e. The summed E-state index contributed by atoms with van der Waals surface area (Å²) in [6, 6.07) is 7.47. The zero-order chi connectivity index (χ0) is 17.7. The summed E-state index contributed by atoms with van der Waals surface area (Å²) < 4.78 is 23.2. The van der Waals surface area contributed by atoms with Gasteiger partial charge in [-0.3, -0.25) is 9.59 Å². The van der Waals surface area contributed by atoms with Crippen LogP contribution in [0.3, 0.4) is 0 Å². The molecule has 7 heteroatoms. The van der Waals surface area contributed by atoms with Gasteiger partial charge in [0.05, 0.1) is 11.5 Å². The highest BCUT2D eigenvalue weighted by Crippen LogP contribution is 2.49. The van der Waals surface area contributed by atoms with E-state index in [4.69, 9.17) is 0 Å². The molecular weight excluding hydrogens is 340 g/mol. The van der Waals surface area contributed by atoms with E-state index in [1.807, 2.05) is 24.3 Å². The maximum absolute atomic E-state index is 13.1. The van der Waals surface area contributed by atoms with Crippen LogP contribution in [-0.4, -0.2) is 44.3 Å². The Morgan fingerprint density at radius 3 is 2.64 bits per heavy atom. The summed E-state index contributed by atoms with van der Waals surface area (Å²) in [5, 5.41) is 2.82. The molecule has 4 rings (SSSR count). The average Bonchev–Trinajstić information content (AvgIpc) is 3.34. The fourth-order valence-corrected chi connectivity index (χ4v) is 5.57.